The van der Waals surface area contributed by atoms with Crippen LogP contribution in [0.2, 0.25) is 0 Å². The van der Waals surface area contributed by atoms with Crippen LogP contribution in [0, 0.1) is 0 Å². The topological polar surface area (TPSA) is 76.1 Å². The van der Waals surface area contributed by atoms with E-state index in [9.17, 15) is 4.79 Å². The number of hydrogen-bond donors (Lipinski definition) is 2. The van der Waals surface area contributed by atoms with Gasteiger partial charge in [-0.15, -0.1) is 10.2 Å². The van der Waals surface area contributed by atoms with Gasteiger partial charge in [0, 0.05) is 13.2 Å². The van der Waals surface area contributed by atoms with Gasteiger partial charge in [-0.2, -0.15) is 0 Å². The summed E-state index contributed by atoms with van der Waals surface area (Å²) in [6.07, 6.45) is 1.92. The lowest BCUT2D eigenvalue weighted by molar-refractivity contribution is 0.0861. The second-order valence-electron chi connectivity index (χ2n) is 4.68. The minimum Gasteiger partial charge on any atom is -0.376 e. The molecule has 0 spiro atoms. The Hall–Kier alpha value is -1.69. The Morgan fingerprint density at radius 3 is 2.89 bits per heavy atom. The fourth-order valence-corrected chi connectivity index (χ4v) is 1.96. The van der Waals surface area contributed by atoms with Crippen molar-refractivity contribution in [2.24, 2.45) is 0 Å². The molecule has 0 bridgehead atoms. The van der Waals surface area contributed by atoms with E-state index in [-0.39, 0.29) is 18.1 Å². The Labute approximate surface area is 112 Å². The summed E-state index contributed by atoms with van der Waals surface area (Å²) in [7, 11) is 0. The summed E-state index contributed by atoms with van der Waals surface area (Å²) in [6, 6.07) is 3.51. The van der Waals surface area contributed by atoms with Crippen LogP contribution < -0.4 is 10.6 Å². The zero-order chi connectivity index (χ0) is 13.7. The minimum absolute atomic E-state index is 0.0578. The molecular formula is C13H20N4O2. The van der Waals surface area contributed by atoms with E-state index in [1.165, 1.54) is 0 Å². The van der Waals surface area contributed by atoms with Gasteiger partial charge >= 0.3 is 0 Å². The van der Waals surface area contributed by atoms with Gasteiger partial charge in [-0.3, -0.25) is 4.79 Å². The third-order valence-corrected chi connectivity index (χ3v) is 3.15. The molecule has 0 saturated carbocycles. The van der Waals surface area contributed by atoms with Crippen LogP contribution in [0.5, 0.6) is 0 Å². The molecule has 1 aromatic heterocycles. The largest absolute Gasteiger partial charge is 0.376 e. The summed E-state index contributed by atoms with van der Waals surface area (Å²) in [6.45, 7) is 5.57. The van der Waals surface area contributed by atoms with Gasteiger partial charge in [-0.05, 0) is 31.9 Å². The van der Waals surface area contributed by atoms with E-state index in [0.717, 1.165) is 19.4 Å². The average Bonchev–Trinajstić information content (AvgIpc) is 2.82. The highest BCUT2D eigenvalue weighted by molar-refractivity contribution is 5.92. The molecule has 1 amide bonds. The number of carbonyl (C=O) groups excluding carboxylic acids is 1. The number of nitrogens with one attached hydrogen (secondary N) is 2. The average molecular weight is 264 g/mol. The maximum atomic E-state index is 12.0. The third-order valence-electron chi connectivity index (χ3n) is 3.15. The third kappa shape index (κ3) is 3.64. The molecule has 6 nitrogen and oxygen atoms in total. The smallest absolute Gasteiger partial charge is 0.272 e. The van der Waals surface area contributed by atoms with Crippen LogP contribution in [0.15, 0.2) is 12.1 Å². The molecule has 1 saturated heterocycles. The van der Waals surface area contributed by atoms with Crippen LogP contribution in [0.4, 0.5) is 5.82 Å². The Bertz CT molecular complexity index is 421. The molecule has 2 unspecified atom stereocenters. The standard InChI is InChI=1S/C13H20N4O2/c1-3-7-14-12-5-4-11(16-17-12)13(18)15-10-6-8-19-9(10)2/h4-5,9-10H,3,6-8H2,1-2H3,(H,14,17)(H,15,18). The summed E-state index contributed by atoms with van der Waals surface area (Å²) in [5.41, 5.74) is 0.334. The second kappa shape index (κ2) is 6.47. The molecule has 2 N–H and O–H groups in total. The maximum absolute atomic E-state index is 12.0. The lowest BCUT2D eigenvalue weighted by Crippen LogP contribution is -2.39. The molecule has 1 aromatic rings. The van der Waals surface area contributed by atoms with E-state index < -0.39 is 0 Å². The molecule has 0 aliphatic carbocycles. The molecule has 1 aliphatic heterocycles. The highest BCUT2D eigenvalue weighted by Crippen LogP contribution is 2.13. The van der Waals surface area contributed by atoms with Crippen molar-refractivity contribution >= 4 is 11.7 Å². The number of hydrogen-bond acceptors (Lipinski definition) is 5. The summed E-state index contributed by atoms with van der Waals surface area (Å²) in [5, 5.41) is 13.9. The van der Waals surface area contributed by atoms with Crippen LogP contribution in [0.1, 0.15) is 37.2 Å². The van der Waals surface area contributed by atoms with Crippen molar-refractivity contribution in [1.29, 1.82) is 0 Å². The van der Waals surface area contributed by atoms with Crippen LogP contribution in [-0.4, -0.2) is 41.4 Å². The molecule has 1 fully saturated rings. The monoisotopic (exact) mass is 264 g/mol. The molecule has 19 heavy (non-hydrogen) atoms. The number of ether oxygens (including phenoxy) is 1. The predicted octanol–water partition coefficient (Wildman–Crippen LogP) is 1.21. The molecule has 6 heteroatoms. The number of rotatable bonds is 5. The zero-order valence-electron chi connectivity index (χ0n) is 11.3. The summed E-state index contributed by atoms with van der Waals surface area (Å²) in [4.78, 5) is 12.0. The Morgan fingerprint density at radius 1 is 1.47 bits per heavy atom. The molecule has 2 rings (SSSR count). The van der Waals surface area contributed by atoms with Crippen molar-refractivity contribution < 1.29 is 9.53 Å². The number of anilines is 1. The van der Waals surface area contributed by atoms with Crippen molar-refractivity contribution in [2.75, 3.05) is 18.5 Å². The van der Waals surface area contributed by atoms with Gasteiger partial charge in [0.2, 0.25) is 0 Å². The van der Waals surface area contributed by atoms with E-state index in [4.69, 9.17) is 4.74 Å². The fraction of sp³-hybridized carbons (Fsp3) is 0.615. The van der Waals surface area contributed by atoms with Crippen LogP contribution >= 0.6 is 0 Å². The van der Waals surface area contributed by atoms with Crippen LogP contribution in [0.25, 0.3) is 0 Å². The summed E-state index contributed by atoms with van der Waals surface area (Å²) >= 11 is 0. The van der Waals surface area contributed by atoms with Gasteiger partial charge in [0.15, 0.2) is 5.69 Å². The number of carbonyl (C=O) groups is 1. The van der Waals surface area contributed by atoms with E-state index >= 15 is 0 Å². The molecular weight excluding hydrogens is 244 g/mol. The van der Waals surface area contributed by atoms with Crippen LogP contribution in [-0.2, 0) is 4.74 Å². The lowest BCUT2D eigenvalue weighted by Gasteiger charge is -2.15. The zero-order valence-corrected chi connectivity index (χ0v) is 11.3. The quantitative estimate of drug-likeness (QED) is 0.836. The highest BCUT2D eigenvalue weighted by Gasteiger charge is 2.26. The molecule has 0 radical (unpaired) electrons. The molecule has 1 aliphatic rings. The maximum Gasteiger partial charge on any atom is 0.272 e. The first-order chi connectivity index (χ1) is 9.20. The molecule has 104 valence electrons. The lowest BCUT2D eigenvalue weighted by atomic mass is 10.1. The van der Waals surface area contributed by atoms with Gasteiger partial charge in [0.05, 0.1) is 12.1 Å². The van der Waals surface area contributed by atoms with E-state index in [2.05, 4.69) is 27.8 Å². The number of aromatic nitrogens is 2. The van der Waals surface area contributed by atoms with Gasteiger partial charge in [0.1, 0.15) is 5.82 Å². The van der Waals surface area contributed by atoms with Crippen molar-refractivity contribution in [2.45, 2.75) is 38.8 Å². The SMILES string of the molecule is CCCNc1ccc(C(=O)NC2CCOC2C)nn1. The highest BCUT2D eigenvalue weighted by atomic mass is 16.5. The number of nitrogens with zero attached hydrogens (tertiary/aromatic N) is 2. The predicted molar refractivity (Wildman–Crippen MR) is 72.1 cm³/mol. The Morgan fingerprint density at radius 2 is 2.32 bits per heavy atom. The van der Waals surface area contributed by atoms with E-state index in [1.807, 2.05) is 6.92 Å². The first-order valence-electron chi connectivity index (χ1n) is 6.70. The van der Waals surface area contributed by atoms with Crippen molar-refractivity contribution in [3.8, 4) is 0 Å². The molecule has 0 aromatic carbocycles. The van der Waals surface area contributed by atoms with Gasteiger partial charge in [-0.25, -0.2) is 0 Å². The van der Waals surface area contributed by atoms with Gasteiger partial charge in [-0.1, -0.05) is 6.92 Å². The van der Waals surface area contributed by atoms with Crippen molar-refractivity contribution in [1.82, 2.24) is 15.5 Å². The number of amides is 1. The fourth-order valence-electron chi connectivity index (χ4n) is 1.96. The van der Waals surface area contributed by atoms with E-state index in [0.29, 0.717) is 18.1 Å². The van der Waals surface area contributed by atoms with Gasteiger partial charge < -0.3 is 15.4 Å². The Balaban J connectivity index is 1.91. The van der Waals surface area contributed by atoms with Crippen molar-refractivity contribution in [3.63, 3.8) is 0 Å². The first kappa shape index (κ1) is 13.7. The Kier molecular flexibility index (Phi) is 4.68. The molecule has 2 atom stereocenters. The summed E-state index contributed by atoms with van der Waals surface area (Å²) < 4.78 is 5.40. The minimum atomic E-state index is -0.197. The first-order valence-corrected chi connectivity index (χ1v) is 6.70. The molecule has 2 heterocycles. The second-order valence-corrected chi connectivity index (χ2v) is 4.68. The normalized spacial score (nSPS) is 22.2. The summed E-state index contributed by atoms with van der Waals surface area (Å²) in [5.74, 6) is 0.493. The van der Waals surface area contributed by atoms with Gasteiger partial charge in [0.25, 0.3) is 5.91 Å². The van der Waals surface area contributed by atoms with Crippen LogP contribution in [0.3, 0.4) is 0 Å². The van der Waals surface area contributed by atoms with Crippen molar-refractivity contribution in [3.05, 3.63) is 17.8 Å². The van der Waals surface area contributed by atoms with E-state index in [1.54, 1.807) is 12.1 Å².